The minimum atomic E-state index is 0.266. The van der Waals surface area contributed by atoms with Crippen molar-refractivity contribution in [3.8, 4) is 17.6 Å². The van der Waals surface area contributed by atoms with E-state index in [-0.39, 0.29) is 6.79 Å². The van der Waals surface area contributed by atoms with Crippen LogP contribution in [0.2, 0.25) is 0 Å². The molecule has 1 aliphatic heterocycles. The summed E-state index contributed by atoms with van der Waals surface area (Å²) in [6.07, 6.45) is 2.15. The maximum atomic E-state index is 8.94. The van der Waals surface area contributed by atoms with E-state index in [0.717, 1.165) is 28.4 Å². The largest absolute Gasteiger partial charge is 0.454 e. The first kappa shape index (κ1) is 13.1. The summed E-state index contributed by atoms with van der Waals surface area (Å²) in [4.78, 5) is 0. The minimum absolute atomic E-state index is 0.266. The number of rotatable bonds is 4. The molecule has 0 unspecified atom stereocenters. The van der Waals surface area contributed by atoms with Crippen molar-refractivity contribution in [3.63, 3.8) is 0 Å². The van der Waals surface area contributed by atoms with E-state index in [1.54, 1.807) is 0 Å². The number of benzene rings is 2. The van der Waals surface area contributed by atoms with Gasteiger partial charge in [-0.15, -0.1) is 0 Å². The fourth-order valence-corrected chi connectivity index (χ4v) is 2.19. The highest BCUT2D eigenvalue weighted by atomic mass is 16.7. The van der Waals surface area contributed by atoms with Crippen molar-refractivity contribution in [2.75, 3.05) is 12.1 Å². The first-order chi connectivity index (χ1) is 10.3. The lowest BCUT2D eigenvalue weighted by atomic mass is 10.1. The Morgan fingerprint density at radius 3 is 2.76 bits per heavy atom. The smallest absolute Gasteiger partial charge is 0.231 e. The molecule has 0 saturated carbocycles. The number of nitrogens with zero attached hydrogens (tertiary/aromatic N) is 1. The van der Waals surface area contributed by atoms with E-state index in [2.05, 4.69) is 11.4 Å². The number of fused-ring (bicyclic) bond motifs is 1. The SMILES string of the molecule is N#C/C=C(\Cc1ccc2c(c1)OCO2)Nc1ccccc1. The third-order valence-corrected chi connectivity index (χ3v) is 3.15. The zero-order chi connectivity index (χ0) is 14.5. The molecular formula is C17H14N2O2. The standard InChI is InChI=1S/C17H14N2O2/c18-9-8-15(19-14-4-2-1-3-5-14)10-13-6-7-16-17(11-13)21-12-20-16/h1-8,11,19H,10,12H2/b15-8+. The second kappa shape index (κ2) is 6.02. The third-order valence-electron chi connectivity index (χ3n) is 3.15. The lowest BCUT2D eigenvalue weighted by Gasteiger charge is -2.10. The zero-order valence-corrected chi connectivity index (χ0v) is 11.4. The first-order valence-electron chi connectivity index (χ1n) is 6.64. The fourth-order valence-electron chi connectivity index (χ4n) is 2.19. The average molecular weight is 278 g/mol. The number of hydrogen-bond acceptors (Lipinski definition) is 4. The Hall–Kier alpha value is -2.93. The van der Waals surface area contributed by atoms with Gasteiger partial charge in [-0.2, -0.15) is 5.26 Å². The Morgan fingerprint density at radius 1 is 1.14 bits per heavy atom. The molecule has 2 aromatic carbocycles. The average Bonchev–Trinajstić information content (AvgIpc) is 2.96. The van der Waals surface area contributed by atoms with Gasteiger partial charge in [-0.25, -0.2) is 0 Å². The second-order valence-electron chi connectivity index (χ2n) is 4.65. The summed E-state index contributed by atoms with van der Waals surface area (Å²) < 4.78 is 10.7. The molecule has 21 heavy (non-hydrogen) atoms. The Kier molecular flexibility index (Phi) is 3.74. The van der Waals surface area contributed by atoms with Crippen molar-refractivity contribution in [2.45, 2.75) is 6.42 Å². The molecule has 3 rings (SSSR count). The topological polar surface area (TPSA) is 54.3 Å². The zero-order valence-electron chi connectivity index (χ0n) is 11.4. The monoisotopic (exact) mass is 278 g/mol. The number of nitriles is 1. The minimum Gasteiger partial charge on any atom is -0.454 e. The molecule has 1 aliphatic rings. The Bertz CT molecular complexity index is 702. The molecule has 0 spiro atoms. The summed E-state index contributed by atoms with van der Waals surface area (Å²) in [7, 11) is 0. The van der Waals surface area contributed by atoms with Gasteiger partial charge in [0.15, 0.2) is 11.5 Å². The molecular weight excluding hydrogens is 264 g/mol. The van der Waals surface area contributed by atoms with Crippen LogP contribution in [0.25, 0.3) is 0 Å². The van der Waals surface area contributed by atoms with Crippen LogP contribution < -0.4 is 14.8 Å². The van der Waals surface area contributed by atoms with Crippen LogP contribution >= 0.6 is 0 Å². The van der Waals surface area contributed by atoms with Gasteiger partial charge < -0.3 is 14.8 Å². The Balaban J connectivity index is 1.77. The highest BCUT2D eigenvalue weighted by molar-refractivity contribution is 5.51. The summed E-state index contributed by atoms with van der Waals surface area (Å²) in [6.45, 7) is 0.266. The molecule has 4 heteroatoms. The molecule has 4 nitrogen and oxygen atoms in total. The first-order valence-corrected chi connectivity index (χ1v) is 6.64. The van der Waals surface area contributed by atoms with Crippen molar-refractivity contribution in [1.29, 1.82) is 5.26 Å². The van der Waals surface area contributed by atoms with E-state index in [0.29, 0.717) is 6.42 Å². The van der Waals surface area contributed by atoms with E-state index >= 15 is 0 Å². The molecule has 0 bridgehead atoms. The van der Waals surface area contributed by atoms with Crippen LogP contribution in [-0.2, 0) is 6.42 Å². The molecule has 2 aromatic rings. The molecule has 1 heterocycles. The molecule has 0 aliphatic carbocycles. The van der Waals surface area contributed by atoms with Crippen molar-refractivity contribution in [2.24, 2.45) is 0 Å². The number of anilines is 1. The van der Waals surface area contributed by atoms with E-state index < -0.39 is 0 Å². The molecule has 0 aromatic heterocycles. The summed E-state index contributed by atoms with van der Waals surface area (Å²) in [5.74, 6) is 1.52. The molecule has 0 fully saturated rings. The Labute approximate surface area is 123 Å². The quantitative estimate of drug-likeness (QED) is 0.870. The third kappa shape index (κ3) is 3.15. The van der Waals surface area contributed by atoms with Crippen LogP contribution in [0.1, 0.15) is 5.56 Å². The second-order valence-corrected chi connectivity index (χ2v) is 4.65. The van der Waals surface area contributed by atoms with E-state index in [4.69, 9.17) is 14.7 Å². The Morgan fingerprint density at radius 2 is 1.95 bits per heavy atom. The van der Waals surface area contributed by atoms with Crippen LogP contribution in [0.5, 0.6) is 11.5 Å². The molecule has 0 saturated heterocycles. The maximum Gasteiger partial charge on any atom is 0.231 e. The summed E-state index contributed by atoms with van der Waals surface area (Å²) >= 11 is 0. The summed E-state index contributed by atoms with van der Waals surface area (Å²) in [6, 6.07) is 17.7. The van der Waals surface area contributed by atoms with Crippen molar-refractivity contribution in [1.82, 2.24) is 0 Å². The summed E-state index contributed by atoms with van der Waals surface area (Å²) in [5, 5.41) is 12.2. The normalized spacial score (nSPS) is 12.8. The van der Waals surface area contributed by atoms with Crippen molar-refractivity contribution < 1.29 is 9.47 Å². The van der Waals surface area contributed by atoms with E-state index in [1.165, 1.54) is 6.08 Å². The van der Waals surface area contributed by atoms with Gasteiger partial charge in [0, 0.05) is 23.9 Å². The number of nitrogens with one attached hydrogen (secondary N) is 1. The van der Waals surface area contributed by atoms with Gasteiger partial charge in [0.05, 0.1) is 6.07 Å². The van der Waals surface area contributed by atoms with E-state index in [1.807, 2.05) is 48.5 Å². The van der Waals surface area contributed by atoms with Gasteiger partial charge in [-0.05, 0) is 29.8 Å². The van der Waals surface area contributed by atoms with E-state index in [9.17, 15) is 0 Å². The predicted octanol–water partition coefficient (Wildman–Crippen LogP) is 3.48. The number of hydrogen-bond donors (Lipinski definition) is 1. The van der Waals surface area contributed by atoms with Gasteiger partial charge in [-0.3, -0.25) is 0 Å². The van der Waals surface area contributed by atoms with Crippen molar-refractivity contribution in [3.05, 3.63) is 65.9 Å². The van der Waals surface area contributed by atoms with Crippen LogP contribution in [0, 0.1) is 11.3 Å². The van der Waals surface area contributed by atoms with Crippen LogP contribution in [-0.4, -0.2) is 6.79 Å². The molecule has 104 valence electrons. The van der Waals surface area contributed by atoms with Crippen LogP contribution in [0.3, 0.4) is 0 Å². The van der Waals surface area contributed by atoms with Gasteiger partial charge in [0.2, 0.25) is 6.79 Å². The van der Waals surface area contributed by atoms with Crippen LogP contribution in [0.4, 0.5) is 5.69 Å². The highest BCUT2D eigenvalue weighted by Crippen LogP contribution is 2.33. The van der Waals surface area contributed by atoms with Gasteiger partial charge in [0.1, 0.15) is 0 Å². The molecule has 0 atom stereocenters. The number of ether oxygens (including phenoxy) is 2. The van der Waals surface area contributed by atoms with Gasteiger partial charge >= 0.3 is 0 Å². The summed E-state index contributed by atoms with van der Waals surface area (Å²) in [5.41, 5.74) is 2.85. The molecule has 1 N–H and O–H groups in total. The highest BCUT2D eigenvalue weighted by Gasteiger charge is 2.13. The number of para-hydroxylation sites is 1. The number of allylic oxidation sites excluding steroid dienone is 2. The van der Waals surface area contributed by atoms with Gasteiger partial charge in [-0.1, -0.05) is 24.3 Å². The lowest BCUT2D eigenvalue weighted by Crippen LogP contribution is -2.03. The predicted molar refractivity (Wildman–Crippen MR) is 80.0 cm³/mol. The lowest BCUT2D eigenvalue weighted by molar-refractivity contribution is 0.174. The maximum absolute atomic E-state index is 8.94. The van der Waals surface area contributed by atoms with Gasteiger partial charge in [0.25, 0.3) is 0 Å². The molecule has 0 amide bonds. The fraction of sp³-hybridized carbons (Fsp3) is 0.118. The van der Waals surface area contributed by atoms with Crippen molar-refractivity contribution >= 4 is 5.69 Å². The van der Waals surface area contributed by atoms with Crippen LogP contribution in [0.15, 0.2) is 60.3 Å². The molecule has 0 radical (unpaired) electrons.